The van der Waals surface area contributed by atoms with E-state index in [1.807, 2.05) is 20.8 Å². The van der Waals surface area contributed by atoms with Crippen LogP contribution in [0.2, 0.25) is 0 Å². The lowest BCUT2D eigenvalue weighted by Gasteiger charge is -2.21. The molecule has 110 valence electrons. The highest BCUT2D eigenvalue weighted by Gasteiger charge is 2.18. The Balaban J connectivity index is 2.83. The molecule has 0 atom stereocenters. The number of amides is 2. The smallest absolute Gasteiger partial charge is 0.253 e. The molecule has 0 spiro atoms. The number of para-hydroxylation sites is 1. The summed E-state index contributed by atoms with van der Waals surface area (Å²) in [5.41, 5.74) is 0.691. The highest BCUT2D eigenvalue weighted by Crippen LogP contribution is 2.16. The predicted molar refractivity (Wildman–Crippen MR) is 80.8 cm³/mol. The van der Waals surface area contributed by atoms with E-state index in [-0.39, 0.29) is 17.4 Å². The lowest BCUT2D eigenvalue weighted by atomic mass is 10.1. The Bertz CT molecular complexity index is 478. The summed E-state index contributed by atoms with van der Waals surface area (Å²) in [4.78, 5) is 24.0. The van der Waals surface area contributed by atoms with Crippen molar-refractivity contribution < 1.29 is 9.59 Å². The fourth-order valence-corrected chi connectivity index (χ4v) is 1.65. The Kier molecular flexibility index (Phi) is 5.70. The van der Waals surface area contributed by atoms with Crippen molar-refractivity contribution in [2.75, 3.05) is 18.9 Å². The summed E-state index contributed by atoms with van der Waals surface area (Å²) in [5, 5.41) is 8.57. The van der Waals surface area contributed by atoms with Gasteiger partial charge in [0, 0.05) is 18.5 Å². The van der Waals surface area contributed by atoms with E-state index in [1.54, 1.807) is 31.3 Å². The van der Waals surface area contributed by atoms with Crippen molar-refractivity contribution in [2.45, 2.75) is 32.7 Å². The maximum absolute atomic E-state index is 12.2. The summed E-state index contributed by atoms with van der Waals surface area (Å²) in [6, 6.07) is 7.01. The largest absolute Gasteiger partial charge is 0.347 e. The maximum Gasteiger partial charge on any atom is 0.253 e. The summed E-state index contributed by atoms with van der Waals surface area (Å²) >= 11 is 0. The average Bonchev–Trinajstić information content (AvgIpc) is 2.35. The van der Waals surface area contributed by atoms with Crippen LogP contribution in [0, 0.1) is 0 Å². The molecule has 20 heavy (non-hydrogen) atoms. The zero-order valence-corrected chi connectivity index (χ0v) is 12.5. The van der Waals surface area contributed by atoms with Crippen molar-refractivity contribution in [2.24, 2.45) is 0 Å². The number of rotatable bonds is 5. The van der Waals surface area contributed by atoms with Crippen molar-refractivity contribution in [1.29, 1.82) is 0 Å². The normalized spacial score (nSPS) is 11.0. The first-order chi connectivity index (χ1) is 9.33. The van der Waals surface area contributed by atoms with Crippen LogP contribution < -0.4 is 16.0 Å². The molecular weight excluding hydrogens is 254 g/mol. The quantitative estimate of drug-likeness (QED) is 0.768. The number of nitrogens with one attached hydrogen (secondary N) is 3. The molecule has 1 aromatic rings. The van der Waals surface area contributed by atoms with E-state index in [0.717, 1.165) is 0 Å². The number of carbonyl (C=O) groups is 2. The van der Waals surface area contributed by atoms with Crippen LogP contribution in [0.1, 0.15) is 37.6 Å². The van der Waals surface area contributed by atoms with Crippen molar-refractivity contribution in [3.8, 4) is 0 Å². The third-order valence-electron chi connectivity index (χ3n) is 2.54. The Morgan fingerprint density at radius 2 is 1.80 bits per heavy atom. The van der Waals surface area contributed by atoms with Crippen molar-refractivity contribution >= 4 is 17.5 Å². The van der Waals surface area contributed by atoms with Crippen LogP contribution in [0.15, 0.2) is 24.3 Å². The highest BCUT2D eigenvalue weighted by molar-refractivity contribution is 6.03. The zero-order chi connectivity index (χ0) is 15.2. The van der Waals surface area contributed by atoms with Gasteiger partial charge in [-0.25, -0.2) is 0 Å². The minimum Gasteiger partial charge on any atom is -0.347 e. The molecule has 0 aliphatic heterocycles. The molecular formula is C15H23N3O2. The van der Waals surface area contributed by atoms with Gasteiger partial charge in [0.2, 0.25) is 5.91 Å². The Morgan fingerprint density at radius 3 is 2.40 bits per heavy atom. The van der Waals surface area contributed by atoms with Crippen molar-refractivity contribution in [1.82, 2.24) is 10.6 Å². The monoisotopic (exact) mass is 277 g/mol. The summed E-state index contributed by atoms with van der Waals surface area (Å²) in [6.45, 7) is 6.35. The number of benzene rings is 1. The molecule has 2 amide bonds. The average molecular weight is 277 g/mol. The van der Waals surface area contributed by atoms with Gasteiger partial charge in [-0.3, -0.25) is 9.59 Å². The Hall–Kier alpha value is -1.88. The van der Waals surface area contributed by atoms with Gasteiger partial charge < -0.3 is 16.0 Å². The summed E-state index contributed by atoms with van der Waals surface area (Å²) < 4.78 is 0. The molecule has 3 N–H and O–H groups in total. The number of hydrogen-bond acceptors (Lipinski definition) is 3. The lowest BCUT2D eigenvalue weighted by molar-refractivity contribution is -0.116. The first-order valence-corrected chi connectivity index (χ1v) is 6.69. The standard InChI is InChI=1S/C15H23N3O2/c1-15(2,3)18-14(20)11-7-5-6-8-12(11)17-13(19)9-10-16-4/h5-8,16H,9-10H2,1-4H3,(H,17,19)(H,18,20). The Morgan fingerprint density at radius 1 is 1.15 bits per heavy atom. The molecule has 0 bridgehead atoms. The molecule has 1 rings (SSSR count). The van der Waals surface area contributed by atoms with E-state index in [4.69, 9.17) is 0 Å². The van der Waals surface area contributed by atoms with Gasteiger partial charge in [-0.1, -0.05) is 12.1 Å². The Labute approximate surface area is 120 Å². The fraction of sp³-hybridized carbons (Fsp3) is 0.467. The second kappa shape index (κ2) is 7.05. The molecule has 0 heterocycles. The van der Waals surface area contributed by atoms with Crippen molar-refractivity contribution in [3.05, 3.63) is 29.8 Å². The van der Waals surface area contributed by atoms with Crippen LogP contribution in [0.5, 0.6) is 0 Å². The second-order valence-electron chi connectivity index (χ2n) is 5.65. The molecule has 0 saturated heterocycles. The molecule has 0 aromatic heterocycles. The lowest BCUT2D eigenvalue weighted by Crippen LogP contribution is -2.40. The van der Waals surface area contributed by atoms with E-state index in [2.05, 4.69) is 16.0 Å². The first-order valence-electron chi connectivity index (χ1n) is 6.69. The molecule has 5 heteroatoms. The minimum atomic E-state index is -0.319. The summed E-state index contributed by atoms with van der Waals surface area (Å²) in [5.74, 6) is -0.308. The van der Waals surface area contributed by atoms with Gasteiger partial charge in [-0.2, -0.15) is 0 Å². The maximum atomic E-state index is 12.2. The zero-order valence-electron chi connectivity index (χ0n) is 12.5. The number of carbonyl (C=O) groups excluding carboxylic acids is 2. The minimum absolute atomic E-state index is 0.115. The molecule has 0 radical (unpaired) electrons. The van der Waals surface area contributed by atoms with Gasteiger partial charge >= 0.3 is 0 Å². The van der Waals surface area contributed by atoms with E-state index >= 15 is 0 Å². The SMILES string of the molecule is CNCCC(=O)Nc1ccccc1C(=O)NC(C)(C)C. The molecule has 1 aromatic carbocycles. The van der Waals surface area contributed by atoms with Crippen LogP contribution >= 0.6 is 0 Å². The van der Waals surface area contributed by atoms with E-state index in [1.165, 1.54) is 0 Å². The molecule has 5 nitrogen and oxygen atoms in total. The van der Waals surface area contributed by atoms with Crippen LogP contribution in [0.25, 0.3) is 0 Å². The van der Waals surface area contributed by atoms with Gasteiger partial charge in [0.25, 0.3) is 5.91 Å². The van der Waals surface area contributed by atoms with Gasteiger partial charge in [0.15, 0.2) is 0 Å². The van der Waals surface area contributed by atoms with Crippen molar-refractivity contribution in [3.63, 3.8) is 0 Å². The van der Waals surface area contributed by atoms with Gasteiger partial charge in [-0.15, -0.1) is 0 Å². The van der Waals surface area contributed by atoms with E-state index in [0.29, 0.717) is 24.2 Å². The van der Waals surface area contributed by atoms with E-state index < -0.39 is 0 Å². The van der Waals surface area contributed by atoms with Gasteiger partial charge in [0.1, 0.15) is 0 Å². The van der Waals surface area contributed by atoms with Crippen LogP contribution in [-0.2, 0) is 4.79 Å². The van der Waals surface area contributed by atoms with Gasteiger partial charge in [0.05, 0.1) is 11.3 Å². The van der Waals surface area contributed by atoms with Crippen LogP contribution in [0.3, 0.4) is 0 Å². The summed E-state index contributed by atoms with van der Waals surface area (Å²) in [7, 11) is 1.79. The molecule has 0 aliphatic carbocycles. The van der Waals surface area contributed by atoms with Crippen LogP contribution in [0.4, 0.5) is 5.69 Å². The summed E-state index contributed by atoms with van der Waals surface area (Å²) in [6.07, 6.45) is 0.367. The molecule has 0 unspecified atom stereocenters. The van der Waals surface area contributed by atoms with Gasteiger partial charge in [-0.05, 0) is 40.0 Å². The fourth-order valence-electron chi connectivity index (χ4n) is 1.65. The van der Waals surface area contributed by atoms with E-state index in [9.17, 15) is 9.59 Å². The molecule has 0 saturated carbocycles. The third-order valence-corrected chi connectivity index (χ3v) is 2.54. The highest BCUT2D eigenvalue weighted by atomic mass is 16.2. The number of anilines is 1. The van der Waals surface area contributed by atoms with Crippen LogP contribution in [-0.4, -0.2) is 30.9 Å². The first kappa shape index (κ1) is 16.2. The topological polar surface area (TPSA) is 70.2 Å². The molecule has 0 aliphatic rings. The second-order valence-corrected chi connectivity index (χ2v) is 5.65. The predicted octanol–water partition coefficient (Wildman–Crippen LogP) is 1.76. The third kappa shape index (κ3) is 5.40. The molecule has 0 fully saturated rings. The number of hydrogen-bond donors (Lipinski definition) is 3.